The number of carbonyl (C=O) groups excluding carboxylic acids is 1. The van der Waals surface area contributed by atoms with Gasteiger partial charge in [-0.05, 0) is 44.5 Å². The van der Waals surface area contributed by atoms with Crippen LogP contribution in [-0.2, 0) is 4.74 Å². The first-order chi connectivity index (χ1) is 10.8. The van der Waals surface area contributed by atoms with E-state index in [1.807, 2.05) is 45.0 Å². The second-order valence-corrected chi connectivity index (χ2v) is 6.91. The first-order valence-electron chi connectivity index (χ1n) is 7.17. The van der Waals surface area contributed by atoms with Gasteiger partial charge in [0.2, 0.25) is 0 Å². The highest BCUT2D eigenvalue weighted by atomic mass is 79.9. The van der Waals surface area contributed by atoms with Gasteiger partial charge in [-0.25, -0.2) is 4.79 Å². The summed E-state index contributed by atoms with van der Waals surface area (Å²) in [6.07, 6.45) is -0.516. The molecule has 0 fully saturated rings. The van der Waals surface area contributed by atoms with Gasteiger partial charge in [-0.3, -0.25) is 0 Å². The SMILES string of the molecule is COc1ccc(C(NC(=O)OC(C)(C)C)c2cccc(Br)c2)o1. The molecule has 2 rings (SSSR count). The Morgan fingerprint density at radius 2 is 2.00 bits per heavy atom. The van der Waals surface area contributed by atoms with Crippen molar-refractivity contribution in [3.05, 3.63) is 52.2 Å². The van der Waals surface area contributed by atoms with Crippen molar-refractivity contribution in [2.75, 3.05) is 7.11 Å². The molecule has 1 amide bonds. The van der Waals surface area contributed by atoms with Gasteiger partial charge >= 0.3 is 6.09 Å². The summed E-state index contributed by atoms with van der Waals surface area (Å²) in [6.45, 7) is 5.45. The third-order valence-corrected chi connectivity index (χ3v) is 3.42. The van der Waals surface area contributed by atoms with E-state index >= 15 is 0 Å². The van der Waals surface area contributed by atoms with E-state index in [4.69, 9.17) is 13.9 Å². The first-order valence-corrected chi connectivity index (χ1v) is 7.96. The van der Waals surface area contributed by atoms with Crippen molar-refractivity contribution in [2.45, 2.75) is 32.4 Å². The predicted molar refractivity (Wildman–Crippen MR) is 90.6 cm³/mol. The molecule has 0 spiro atoms. The van der Waals surface area contributed by atoms with Crippen LogP contribution in [0.5, 0.6) is 5.95 Å². The number of rotatable bonds is 4. The van der Waals surface area contributed by atoms with Crippen LogP contribution in [0.25, 0.3) is 0 Å². The molecule has 0 radical (unpaired) electrons. The molecule has 0 aliphatic rings. The van der Waals surface area contributed by atoms with Gasteiger partial charge in [0.05, 0.1) is 7.11 Å². The minimum atomic E-state index is -0.577. The lowest BCUT2D eigenvalue weighted by molar-refractivity contribution is 0.0506. The Labute approximate surface area is 144 Å². The molecular formula is C17H20BrNO4. The highest BCUT2D eigenvalue weighted by molar-refractivity contribution is 9.10. The summed E-state index contributed by atoms with van der Waals surface area (Å²) < 4.78 is 16.9. The van der Waals surface area contributed by atoms with Crippen molar-refractivity contribution >= 4 is 22.0 Å². The molecule has 1 aromatic carbocycles. The minimum absolute atomic E-state index is 0.381. The molecule has 23 heavy (non-hydrogen) atoms. The Morgan fingerprint density at radius 3 is 2.57 bits per heavy atom. The zero-order chi connectivity index (χ0) is 17.0. The quantitative estimate of drug-likeness (QED) is 0.835. The smallest absolute Gasteiger partial charge is 0.408 e. The summed E-state index contributed by atoms with van der Waals surface area (Å²) >= 11 is 3.44. The summed E-state index contributed by atoms with van der Waals surface area (Å²) in [4.78, 5) is 12.2. The van der Waals surface area contributed by atoms with Gasteiger partial charge in [0.15, 0.2) is 0 Å². The number of nitrogens with one attached hydrogen (secondary N) is 1. The van der Waals surface area contributed by atoms with Gasteiger partial charge in [0.1, 0.15) is 17.4 Å². The molecule has 0 aliphatic carbocycles. The van der Waals surface area contributed by atoms with Gasteiger partial charge < -0.3 is 19.2 Å². The van der Waals surface area contributed by atoms with Gasteiger partial charge in [0.25, 0.3) is 5.95 Å². The lowest BCUT2D eigenvalue weighted by atomic mass is 10.1. The number of alkyl carbamates (subject to hydrolysis) is 1. The molecule has 5 nitrogen and oxygen atoms in total. The second-order valence-electron chi connectivity index (χ2n) is 6.00. The van der Waals surface area contributed by atoms with Crippen LogP contribution in [0.2, 0.25) is 0 Å². The molecule has 2 aromatic rings. The average molecular weight is 382 g/mol. The molecule has 0 saturated carbocycles. The Bertz CT molecular complexity index is 675. The van der Waals surface area contributed by atoms with Gasteiger partial charge in [-0.2, -0.15) is 0 Å². The molecule has 0 bridgehead atoms. The standard InChI is InChI=1S/C17H20BrNO4/c1-17(2,3)23-16(20)19-15(11-6-5-7-12(18)10-11)13-8-9-14(21-4)22-13/h5-10,15H,1-4H3,(H,19,20). The van der Waals surface area contributed by atoms with E-state index in [-0.39, 0.29) is 0 Å². The van der Waals surface area contributed by atoms with Crippen molar-refractivity contribution in [3.8, 4) is 5.95 Å². The summed E-state index contributed by atoms with van der Waals surface area (Å²) in [5, 5.41) is 2.84. The van der Waals surface area contributed by atoms with E-state index < -0.39 is 17.7 Å². The highest BCUT2D eigenvalue weighted by Crippen LogP contribution is 2.28. The maximum atomic E-state index is 12.2. The Hall–Kier alpha value is -1.95. The number of hydrogen-bond donors (Lipinski definition) is 1. The van der Waals surface area contributed by atoms with E-state index in [2.05, 4.69) is 21.2 Å². The molecule has 124 valence electrons. The summed E-state index contributed by atoms with van der Waals surface area (Å²) in [5.74, 6) is 0.941. The van der Waals surface area contributed by atoms with Crippen LogP contribution in [0.3, 0.4) is 0 Å². The van der Waals surface area contributed by atoms with E-state index in [0.717, 1.165) is 10.0 Å². The largest absolute Gasteiger partial charge is 0.468 e. The summed E-state index contributed by atoms with van der Waals surface area (Å²) in [5.41, 5.74) is 0.287. The molecule has 1 N–H and O–H groups in total. The average Bonchev–Trinajstić information content (AvgIpc) is 2.91. The van der Waals surface area contributed by atoms with E-state index in [9.17, 15) is 4.79 Å². The number of furan rings is 1. The maximum absolute atomic E-state index is 12.2. The molecule has 6 heteroatoms. The van der Waals surface area contributed by atoms with Crippen LogP contribution in [0, 0.1) is 0 Å². The maximum Gasteiger partial charge on any atom is 0.408 e. The van der Waals surface area contributed by atoms with Crippen molar-refractivity contribution in [1.29, 1.82) is 0 Å². The number of carbonyl (C=O) groups is 1. The van der Waals surface area contributed by atoms with Crippen LogP contribution in [0.15, 0.2) is 45.3 Å². The number of methoxy groups -OCH3 is 1. The van der Waals surface area contributed by atoms with E-state index in [1.54, 1.807) is 12.1 Å². The molecule has 1 unspecified atom stereocenters. The zero-order valence-corrected chi connectivity index (χ0v) is 15.1. The summed E-state index contributed by atoms with van der Waals surface area (Å²) in [6, 6.07) is 10.6. The lowest BCUT2D eigenvalue weighted by Crippen LogP contribution is -2.35. The molecule has 1 heterocycles. The van der Waals surface area contributed by atoms with E-state index in [0.29, 0.717) is 11.7 Å². The lowest BCUT2D eigenvalue weighted by Gasteiger charge is -2.23. The fraction of sp³-hybridized carbons (Fsp3) is 0.353. The normalized spacial score (nSPS) is 12.6. The number of hydrogen-bond acceptors (Lipinski definition) is 4. The Balaban J connectivity index is 2.30. The van der Waals surface area contributed by atoms with Crippen molar-refractivity contribution in [2.24, 2.45) is 0 Å². The van der Waals surface area contributed by atoms with Gasteiger partial charge in [0, 0.05) is 10.5 Å². The third kappa shape index (κ3) is 5.03. The third-order valence-electron chi connectivity index (χ3n) is 2.93. The van der Waals surface area contributed by atoms with Gasteiger partial charge in [-0.15, -0.1) is 0 Å². The van der Waals surface area contributed by atoms with Crippen molar-refractivity contribution < 1.29 is 18.7 Å². The Morgan fingerprint density at radius 1 is 1.26 bits per heavy atom. The fourth-order valence-corrected chi connectivity index (χ4v) is 2.45. The Kier molecular flexibility index (Phi) is 5.36. The number of benzene rings is 1. The number of ether oxygens (including phenoxy) is 2. The van der Waals surface area contributed by atoms with Crippen molar-refractivity contribution in [1.82, 2.24) is 5.32 Å². The zero-order valence-electron chi connectivity index (χ0n) is 13.6. The monoisotopic (exact) mass is 381 g/mol. The van der Waals surface area contributed by atoms with Crippen LogP contribution < -0.4 is 10.1 Å². The second kappa shape index (κ2) is 7.08. The van der Waals surface area contributed by atoms with Gasteiger partial charge in [-0.1, -0.05) is 28.1 Å². The van der Waals surface area contributed by atoms with Crippen LogP contribution >= 0.6 is 15.9 Å². The summed E-state index contributed by atoms with van der Waals surface area (Å²) in [7, 11) is 1.53. The minimum Gasteiger partial charge on any atom is -0.468 e. The van der Waals surface area contributed by atoms with Crippen LogP contribution in [-0.4, -0.2) is 18.8 Å². The predicted octanol–water partition coefficient (Wildman–Crippen LogP) is 4.66. The van der Waals surface area contributed by atoms with Crippen LogP contribution in [0.1, 0.15) is 38.1 Å². The molecule has 1 atom stereocenters. The molecule has 0 aliphatic heterocycles. The topological polar surface area (TPSA) is 60.7 Å². The first kappa shape index (κ1) is 17.4. The molecular weight excluding hydrogens is 362 g/mol. The molecule has 0 saturated heterocycles. The highest BCUT2D eigenvalue weighted by Gasteiger charge is 2.24. The van der Waals surface area contributed by atoms with Crippen molar-refractivity contribution in [3.63, 3.8) is 0 Å². The fourth-order valence-electron chi connectivity index (χ4n) is 2.03. The van der Waals surface area contributed by atoms with Crippen LogP contribution in [0.4, 0.5) is 4.79 Å². The number of halogens is 1. The number of amides is 1. The van der Waals surface area contributed by atoms with E-state index in [1.165, 1.54) is 7.11 Å². The molecule has 1 aromatic heterocycles.